The number of nitrogens with zero attached hydrogens (tertiary/aromatic N) is 1. The number of hydrogen-bond donors (Lipinski definition) is 2. The summed E-state index contributed by atoms with van der Waals surface area (Å²) in [6.45, 7) is 2.50. The summed E-state index contributed by atoms with van der Waals surface area (Å²) >= 11 is 0. The van der Waals surface area contributed by atoms with Crippen LogP contribution >= 0.6 is 7.77 Å². The van der Waals surface area contributed by atoms with Crippen LogP contribution in [0.25, 0.3) is 0 Å². The lowest BCUT2D eigenvalue weighted by Crippen LogP contribution is -2.40. The Bertz CT molecular complexity index is 236. The summed E-state index contributed by atoms with van der Waals surface area (Å²) in [5.74, 6) is 0. The Morgan fingerprint density at radius 1 is 1.31 bits per heavy atom. The molecule has 5 heteroatoms. The lowest BCUT2D eigenvalue weighted by atomic mass is 10.2. The zero-order valence-corrected chi connectivity index (χ0v) is 11.7. The van der Waals surface area contributed by atoms with Crippen LogP contribution in [0.2, 0.25) is 0 Å². The van der Waals surface area contributed by atoms with Crippen LogP contribution in [0.15, 0.2) is 0 Å². The number of unbranched alkanes of at least 4 members (excludes halogenated alkanes) is 1. The van der Waals surface area contributed by atoms with Gasteiger partial charge in [0.05, 0.1) is 28.9 Å². The molecule has 0 bridgehead atoms. The Kier molecular flexibility index (Phi) is 7.36. The van der Waals surface area contributed by atoms with Crippen LogP contribution in [0.3, 0.4) is 0 Å². The first kappa shape index (κ1) is 16.0. The molecule has 0 aromatic carbocycles. The molecule has 2 atom stereocenters. The molecule has 0 saturated carbocycles. The van der Waals surface area contributed by atoms with Crippen LogP contribution < -0.4 is 4.89 Å². The second-order valence-corrected chi connectivity index (χ2v) is 7.31. The number of aliphatic hydroxyl groups excluding tert-OH is 2. The van der Waals surface area contributed by atoms with Gasteiger partial charge in [0.2, 0.25) is 0 Å². The fourth-order valence-corrected chi connectivity index (χ4v) is 2.91. The molecule has 0 rings (SSSR count). The molecular weight excluding hydrogens is 225 g/mol. The van der Waals surface area contributed by atoms with E-state index in [1.165, 1.54) is 0 Å². The van der Waals surface area contributed by atoms with E-state index in [1.54, 1.807) is 0 Å². The molecule has 0 aliphatic carbocycles. The number of likely N-dealkylation sites (N-methyl/N-ethyl adjacent to an activating group) is 1. The SMILES string of the molecule is CC(CCCCO)/[P+]([O-])=C(\O)C[N+](C)(C)C. The summed E-state index contributed by atoms with van der Waals surface area (Å²) in [5.41, 5.74) is 0.104. The van der Waals surface area contributed by atoms with Crippen molar-refractivity contribution >= 4 is 13.3 Å². The normalized spacial score (nSPS) is 15.9. The van der Waals surface area contributed by atoms with Gasteiger partial charge < -0.3 is 19.6 Å². The molecule has 0 fully saturated rings. The van der Waals surface area contributed by atoms with E-state index in [1.807, 2.05) is 28.1 Å². The first-order chi connectivity index (χ1) is 7.28. The second kappa shape index (κ2) is 7.36. The van der Waals surface area contributed by atoms with Crippen LogP contribution in [0, 0.1) is 0 Å². The third kappa shape index (κ3) is 7.31. The molecule has 0 amide bonds. The summed E-state index contributed by atoms with van der Waals surface area (Å²) in [6.07, 6.45) is 2.39. The van der Waals surface area contributed by atoms with E-state index in [-0.39, 0.29) is 17.7 Å². The van der Waals surface area contributed by atoms with Crippen molar-refractivity contribution in [3.05, 3.63) is 0 Å². The van der Waals surface area contributed by atoms with Gasteiger partial charge in [0.25, 0.3) is 5.48 Å². The van der Waals surface area contributed by atoms with Gasteiger partial charge in [-0.05, 0) is 26.2 Å². The van der Waals surface area contributed by atoms with Crippen molar-refractivity contribution in [3.8, 4) is 0 Å². The molecule has 0 aromatic heterocycles. The van der Waals surface area contributed by atoms with Gasteiger partial charge in [0.15, 0.2) is 6.54 Å². The van der Waals surface area contributed by atoms with Crippen LogP contribution in [0.1, 0.15) is 26.2 Å². The van der Waals surface area contributed by atoms with Crippen molar-refractivity contribution in [1.29, 1.82) is 0 Å². The van der Waals surface area contributed by atoms with E-state index in [2.05, 4.69) is 0 Å². The molecule has 0 aromatic rings. The minimum absolute atomic E-state index is 0.00639. The van der Waals surface area contributed by atoms with E-state index >= 15 is 0 Å². The van der Waals surface area contributed by atoms with Gasteiger partial charge >= 0.3 is 0 Å². The van der Waals surface area contributed by atoms with Crippen molar-refractivity contribution in [2.45, 2.75) is 31.8 Å². The molecule has 0 aliphatic rings. The van der Waals surface area contributed by atoms with Crippen molar-refractivity contribution in [3.63, 3.8) is 0 Å². The van der Waals surface area contributed by atoms with Gasteiger partial charge in [-0.15, -0.1) is 0 Å². The Morgan fingerprint density at radius 3 is 2.31 bits per heavy atom. The zero-order chi connectivity index (χ0) is 12.8. The predicted molar refractivity (Wildman–Crippen MR) is 67.2 cm³/mol. The molecule has 0 radical (unpaired) electrons. The maximum Gasteiger partial charge on any atom is 0.274 e. The van der Waals surface area contributed by atoms with Crippen molar-refractivity contribution in [2.75, 3.05) is 34.3 Å². The number of hydrogen-bond acceptors (Lipinski definition) is 2. The highest BCUT2D eigenvalue weighted by atomic mass is 31.1. The maximum absolute atomic E-state index is 11.9. The second-order valence-electron chi connectivity index (χ2n) is 5.26. The molecular formula is C11H25NO3P+. The van der Waals surface area contributed by atoms with Gasteiger partial charge in [0, 0.05) is 6.61 Å². The highest BCUT2D eigenvalue weighted by Gasteiger charge is 2.21. The zero-order valence-electron chi connectivity index (χ0n) is 10.8. The smallest absolute Gasteiger partial charge is 0.274 e. The van der Waals surface area contributed by atoms with E-state index in [4.69, 9.17) is 5.11 Å². The fraction of sp³-hybridized carbons (Fsp3) is 0.909. The summed E-state index contributed by atoms with van der Waals surface area (Å²) in [7, 11) is 4.20. The summed E-state index contributed by atoms with van der Waals surface area (Å²) < 4.78 is 0.580. The highest BCUT2D eigenvalue weighted by molar-refractivity contribution is 7.52. The van der Waals surface area contributed by atoms with Gasteiger partial charge in [0.1, 0.15) is 5.66 Å². The van der Waals surface area contributed by atoms with E-state index in [9.17, 15) is 10.00 Å². The number of aliphatic hydroxyl groups is 2. The molecule has 2 N–H and O–H groups in total. The third-order valence-corrected chi connectivity index (χ3v) is 4.01. The van der Waals surface area contributed by atoms with E-state index < -0.39 is 7.77 Å². The average Bonchev–Trinajstić information content (AvgIpc) is 2.14. The minimum atomic E-state index is -1.66. The van der Waals surface area contributed by atoms with E-state index in [0.717, 1.165) is 19.3 Å². The molecule has 0 aliphatic heterocycles. The van der Waals surface area contributed by atoms with E-state index in [0.29, 0.717) is 11.0 Å². The van der Waals surface area contributed by atoms with Crippen LogP contribution in [0.5, 0.6) is 0 Å². The molecule has 2 unspecified atom stereocenters. The summed E-state index contributed by atoms with van der Waals surface area (Å²) in [5, 5.41) is 18.4. The molecule has 16 heavy (non-hydrogen) atoms. The minimum Gasteiger partial charge on any atom is -0.628 e. The average molecular weight is 250 g/mol. The van der Waals surface area contributed by atoms with Crippen LogP contribution in [0.4, 0.5) is 0 Å². The first-order valence-electron chi connectivity index (χ1n) is 5.70. The number of rotatable bonds is 7. The first-order valence-corrected chi connectivity index (χ1v) is 7.03. The van der Waals surface area contributed by atoms with Gasteiger partial charge in [-0.2, -0.15) is 0 Å². The Hall–Kier alpha value is 0.0100. The fourth-order valence-electron chi connectivity index (χ4n) is 1.42. The number of quaternary nitrogens is 1. The molecule has 96 valence electrons. The summed E-state index contributed by atoms with van der Waals surface area (Å²) in [6, 6.07) is 0. The van der Waals surface area contributed by atoms with Gasteiger partial charge in [-0.1, -0.05) is 0 Å². The highest BCUT2D eigenvalue weighted by Crippen LogP contribution is 2.26. The lowest BCUT2D eigenvalue weighted by Gasteiger charge is -2.22. The lowest BCUT2D eigenvalue weighted by molar-refractivity contribution is -0.861. The standard InChI is InChI=1S/C11H24NO3P/c1-10(7-5-6-8-13)16(15)11(14)9-12(2,3)4/h10,13H,5-9H2,1-4H3/p+1. The van der Waals surface area contributed by atoms with Crippen molar-refractivity contribution in [1.82, 2.24) is 0 Å². The van der Waals surface area contributed by atoms with Crippen molar-refractivity contribution in [2.24, 2.45) is 0 Å². The van der Waals surface area contributed by atoms with Crippen LogP contribution in [-0.2, 0) is 0 Å². The summed E-state index contributed by atoms with van der Waals surface area (Å²) in [4.78, 5) is 11.9. The predicted octanol–water partition coefficient (Wildman–Crippen LogP) is 0.503. The monoisotopic (exact) mass is 250 g/mol. The Morgan fingerprint density at radius 2 is 1.88 bits per heavy atom. The largest absolute Gasteiger partial charge is 0.628 e. The quantitative estimate of drug-likeness (QED) is 0.393. The Balaban J connectivity index is 4.27. The molecule has 0 saturated heterocycles. The van der Waals surface area contributed by atoms with Gasteiger partial charge in [-0.3, -0.25) is 0 Å². The maximum atomic E-state index is 11.9. The topological polar surface area (TPSA) is 63.5 Å². The molecule has 0 heterocycles. The van der Waals surface area contributed by atoms with Crippen molar-refractivity contribution < 1.29 is 19.6 Å². The molecule has 4 nitrogen and oxygen atoms in total. The third-order valence-electron chi connectivity index (χ3n) is 2.30. The van der Waals surface area contributed by atoms with Gasteiger partial charge in [-0.25, -0.2) is 0 Å². The molecule has 0 spiro atoms. The Labute approximate surface area is 99.6 Å². The van der Waals surface area contributed by atoms with Crippen LogP contribution in [-0.4, -0.2) is 60.1 Å².